The van der Waals surface area contributed by atoms with Gasteiger partial charge in [-0.1, -0.05) is 0 Å². The largest absolute Gasteiger partial charge is 0.481 e. The van der Waals surface area contributed by atoms with E-state index >= 15 is 0 Å². The summed E-state index contributed by atoms with van der Waals surface area (Å²) in [5.41, 5.74) is 0.848. The van der Waals surface area contributed by atoms with Crippen LogP contribution in [0.25, 0.3) is 0 Å². The quantitative estimate of drug-likeness (QED) is 0.794. The standard InChI is InChI=1S/C19H23FN4O4S/c1-28-18-13-15(7-8-21-18)14-22-19(25)23-9-2-10-24(12-11-23)29(26,27)17-5-3-16(20)4-6-17/h3-8,13H,2,9-12,14H2,1H3,(H,22,25). The molecule has 1 aliphatic heterocycles. The van der Waals surface area contributed by atoms with Crippen molar-refractivity contribution in [2.45, 2.75) is 17.9 Å². The normalized spacial score (nSPS) is 15.6. The SMILES string of the molecule is COc1cc(CNC(=O)N2CCCN(S(=O)(=O)c3ccc(F)cc3)CC2)ccn1. The maximum atomic E-state index is 13.1. The third kappa shape index (κ3) is 5.21. The molecule has 0 atom stereocenters. The highest BCUT2D eigenvalue weighted by Gasteiger charge is 2.28. The molecule has 1 fully saturated rings. The minimum atomic E-state index is -3.73. The lowest BCUT2D eigenvalue weighted by molar-refractivity contribution is 0.200. The van der Waals surface area contributed by atoms with Crippen molar-refractivity contribution in [2.75, 3.05) is 33.3 Å². The first kappa shape index (κ1) is 21.0. The van der Waals surface area contributed by atoms with Crippen molar-refractivity contribution in [1.82, 2.24) is 19.5 Å². The number of hydrogen-bond acceptors (Lipinski definition) is 5. The van der Waals surface area contributed by atoms with Crippen LogP contribution in [0.1, 0.15) is 12.0 Å². The van der Waals surface area contributed by atoms with E-state index in [0.717, 1.165) is 17.7 Å². The molecule has 0 spiro atoms. The molecule has 3 rings (SSSR count). The minimum Gasteiger partial charge on any atom is -0.481 e. The van der Waals surface area contributed by atoms with E-state index in [-0.39, 0.29) is 24.0 Å². The zero-order valence-electron chi connectivity index (χ0n) is 16.0. The van der Waals surface area contributed by atoms with Crippen molar-refractivity contribution >= 4 is 16.1 Å². The molecule has 156 valence electrons. The Morgan fingerprint density at radius 3 is 2.66 bits per heavy atom. The maximum Gasteiger partial charge on any atom is 0.317 e. The Balaban J connectivity index is 1.58. The van der Waals surface area contributed by atoms with Gasteiger partial charge in [0.2, 0.25) is 15.9 Å². The van der Waals surface area contributed by atoms with Crippen LogP contribution in [0.15, 0.2) is 47.5 Å². The average Bonchev–Trinajstić information content (AvgIpc) is 2.99. The smallest absolute Gasteiger partial charge is 0.317 e. The Kier molecular flexibility index (Phi) is 6.65. The zero-order valence-corrected chi connectivity index (χ0v) is 16.9. The number of ether oxygens (including phenoxy) is 1. The van der Waals surface area contributed by atoms with Crippen LogP contribution in [-0.2, 0) is 16.6 Å². The van der Waals surface area contributed by atoms with Crippen molar-refractivity contribution in [3.8, 4) is 5.88 Å². The molecule has 1 aromatic heterocycles. The van der Waals surface area contributed by atoms with Gasteiger partial charge in [-0.3, -0.25) is 0 Å². The molecular formula is C19H23FN4O4S. The molecule has 0 radical (unpaired) electrons. The fraction of sp³-hybridized carbons (Fsp3) is 0.368. The molecule has 0 bridgehead atoms. The number of hydrogen-bond donors (Lipinski definition) is 1. The van der Waals surface area contributed by atoms with E-state index in [4.69, 9.17) is 4.74 Å². The molecule has 10 heteroatoms. The van der Waals surface area contributed by atoms with E-state index in [9.17, 15) is 17.6 Å². The summed E-state index contributed by atoms with van der Waals surface area (Å²) in [7, 11) is -2.21. The number of halogens is 1. The van der Waals surface area contributed by atoms with Crippen molar-refractivity contribution < 1.29 is 22.3 Å². The summed E-state index contributed by atoms with van der Waals surface area (Å²) in [5.74, 6) is -0.0253. The van der Waals surface area contributed by atoms with Crippen molar-refractivity contribution in [1.29, 1.82) is 0 Å². The molecule has 0 unspecified atom stereocenters. The Morgan fingerprint density at radius 1 is 1.17 bits per heavy atom. The van der Waals surface area contributed by atoms with Crippen LogP contribution in [0.5, 0.6) is 5.88 Å². The predicted octanol–water partition coefficient (Wildman–Crippen LogP) is 1.84. The number of sulfonamides is 1. The number of carbonyl (C=O) groups excluding carboxylic acids is 1. The van der Waals surface area contributed by atoms with Gasteiger partial charge in [0.05, 0.1) is 12.0 Å². The number of nitrogens with one attached hydrogen (secondary N) is 1. The summed E-state index contributed by atoms with van der Waals surface area (Å²) in [6.07, 6.45) is 2.11. The summed E-state index contributed by atoms with van der Waals surface area (Å²) < 4.78 is 45.0. The van der Waals surface area contributed by atoms with E-state index in [2.05, 4.69) is 10.3 Å². The predicted molar refractivity (Wildman–Crippen MR) is 104 cm³/mol. The highest BCUT2D eigenvalue weighted by Crippen LogP contribution is 2.18. The van der Waals surface area contributed by atoms with E-state index in [0.29, 0.717) is 31.9 Å². The van der Waals surface area contributed by atoms with Crippen LogP contribution in [0, 0.1) is 5.82 Å². The van der Waals surface area contributed by atoms with E-state index < -0.39 is 15.8 Å². The van der Waals surface area contributed by atoms with Gasteiger partial charge >= 0.3 is 6.03 Å². The van der Waals surface area contributed by atoms with Gasteiger partial charge in [0.25, 0.3) is 0 Å². The second-order valence-corrected chi connectivity index (χ2v) is 8.50. The molecule has 2 heterocycles. The summed E-state index contributed by atoms with van der Waals surface area (Å²) in [6.45, 7) is 1.50. The van der Waals surface area contributed by atoms with Crippen molar-refractivity contribution in [3.05, 3.63) is 54.0 Å². The van der Waals surface area contributed by atoms with Crippen LogP contribution in [0.2, 0.25) is 0 Å². The second-order valence-electron chi connectivity index (χ2n) is 6.56. The zero-order chi connectivity index (χ0) is 20.9. The molecule has 8 nitrogen and oxygen atoms in total. The number of methoxy groups -OCH3 is 1. The first-order valence-electron chi connectivity index (χ1n) is 9.17. The van der Waals surface area contributed by atoms with Gasteiger partial charge in [0.1, 0.15) is 5.82 Å². The number of aromatic nitrogens is 1. The molecule has 1 N–H and O–H groups in total. The van der Waals surface area contributed by atoms with Crippen molar-refractivity contribution in [3.63, 3.8) is 0 Å². The molecule has 2 amide bonds. The molecule has 0 saturated carbocycles. The molecule has 1 aliphatic rings. The van der Waals surface area contributed by atoms with Gasteiger partial charge in [-0.25, -0.2) is 22.6 Å². The Hall–Kier alpha value is -2.72. The number of benzene rings is 1. The van der Waals surface area contributed by atoms with Gasteiger partial charge in [-0.05, 0) is 42.3 Å². The Bertz CT molecular complexity index is 953. The Morgan fingerprint density at radius 2 is 1.93 bits per heavy atom. The van der Waals surface area contributed by atoms with Crippen LogP contribution in [-0.4, -0.2) is 61.9 Å². The van der Waals surface area contributed by atoms with E-state index in [1.807, 2.05) is 0 Å². The lowest BCUT2D eigenvalue weighted by Crippen LogP contribution is -2.42. The molecule has 1 aromatic carbocycles. The maximum absolute atomic E-state index is 13.1. The van der Waals surface area contributed by atoms with E-state index in [1.54, 1.807) is 23.2 Å². The number of urea groups is 1. The number of nitrogens with zero attached hydrogens (tertiary/aromatic N) is 3. The van der Waals surface area contributed by atoms with Gasteiger partial charge in [0, 0.05) is 45.0 Å². The number of carbonyl (C=O) groups is 1. The summed E-state index contributed by atoms with van der Waals surface area (Å²) in [6, 6.07) is 8.01. The fourth-order valence-corrected chi connectivity index (χ4v) is 4.52. The van der Waals surface area contributed by atoms with Gasteiger partial charge in [-0.2, -0.15) is 4.31 Å². The second kappa shape index (κ2) is 9.19. The third-order valence-electron chi connectivity index (χ3n) is 4.65. The lowest BCUT2D eigenvalue weighted by atomic mass is 10.2. The Labute approximate surface area is 169 Å². The highest BCUT2D eigenvalue weighted by molar-refractivity contribution is 7.89. The number of rotatable bonds is 5. The van der Waals surface area contributed by atoms with Crippen LogP contribution >= 0.6 is 0 Å². The monoisotopic (exact) mass is 422 g/mol. The summed E-state index contributed by atoms with van der Waals surface area (Å²) >= 11 is 0. The summed E-state index contributed by atoms with van der Waals surface area (Å²) in [5, 5.41) is 2.83. The average molecular weight is 422 g/mol. The third-order valence-corrected chi connectivity index (χ3v) is 6.56. The van der Waals surface area contributed by atoms with Crippen LogP contribution in [0.3, 0.4) is 0 Å². The first-order valence-corrected chi connectivity index (χ1v) is 10.6. The van der Waals surface area contributed by atoms with Crippen molar-refractivity contribution in [2.24, 2.45) is 0 Å². The van der Waals surface area contributed by atoms with Gasteiger partial charge in [0.15, 0.2) is 0 Å². The molecular weight excluding hydrogens is 399 g/mol. The van der Waals surface area contributed by atoms with Gasteiger partial charge < -0.3 is 15.0 Å². The number of amides is 2. The molecule has 0 aliphatic carbocycles. The van der Waals surface area contributed by atoms with E-state index in [1.165, 1.54) is 23.5 Å². The molecule has 29 heavy (non-hydrogen) atoms. The first-order chi connectivity index (χ1) is 13.9. The molecule has 1 saturated heterocycles. The lowest BCUT2D eigenvalue weighted by Gasteiger charge is -2.22. The minimum absolute atomic E-state index is 0.0448. The summed E-state index contributed by atoms with van der Waals surface area (Å²) in [4.78, 5) is 18.2. The van der Waals surface area contributed by atoms with Gasteiger partial charge in [-0.15, -0.1) is 0 Å². The molecule has 2 aromatic rings. The number of pyridine rings is 1. The van der Waals surface area contributed by atoms with Crippen LogP contribution < -0.4 is 10.1 Å². The fourth-order valence-electron chi connectivity index (χ4n) is 3.05. The topological polar surface area (TPSA) is 91.8 Å². The highest BCUT2D eigenvalue weighted by atomic mass is 32.2. The van der Waals surface area contributed by atoms with Crippen LogP contribution in [0.4, 0.5) is 9.18 Å².